The van der Waals surface area contributed by atoms with E-state index in [9.17, 15) is 0 Å². The molecule has 0 radical (unpaired) electrons. The van der Waals surface area contributed by atoms with Crippen molar-refractivity contribution < 1.29 is 28.8 Å². The Kier molecular flexibility index (Phi) is 7.82. The van der Waals surface area contributed by atoms with Gasteiger partial charge in [-0.2, -0.15) is 0 Å². The Hall–Kier alpha value is -2.86. The molecule has 2 aromatic carbocycles. The van der Waals surface area contributed by atoms with Crippen LogP contribution in [0.25, 0.3) is 6.08 Å². The maximum absolute atomic E-state index is 9.04. The van der Waals surface area contributed by atoms with Crippen LogP contribution in [0.4, 0.5) is 0 Å². The molecule has 146 valence electrons. The molecule has 6 nitrogen and oxygen atoms in total. The summed E-state index contributed by atoms with van der Waals surface area (Å²) in [7, 11) is 4.65. The highest BCUT2D eigenvalue weighted by molar-refractivity contribution is 5.71. The average molecular weight is 374 g/mol. The van der Waals surface area contributed by atoms with Crippen molar-refractivity contribution in [3.63, 3.8) is 0 Å². The molecule has 0 amide bonds. The van der Waals surface area contributed by atoms with Crippen molar-refractivity contribution in [3.8, 4) is 28.7 Å². The van der Waals surface area contributed by atoms with E-state index in [-0.39, 0.29) is 6.61 Å². The molecule has 1 N–H and O–H groups in total. The van der Waals surface area contributed by atoms with E-state index in [0.29, 0.717) is 41.8 Å². The quantitative estimate of drug-likeness (QED) is 0.684. The van der Waals surface area contributed by atoms with Crippen molar-refractivity contribution in [3.05, 3.63) is 47.5 Å². The summed E-state index contributed by atoms with van der Waals surface area (Å²) in [4.78, 5) is 0. The van der Waals surface area contributed by atoms with Crippen molar-refractivity contribution in [1.29, 1.82) is 0 Å². The summed E-state index contributed by atoms with van der Waals surface area (Å²) in [6.45, 7) is 2.82. The van der Waals surface area contributed by atoms with Crippen molar-refractivity contribution in [2.24, 2.45) is 0 Å². The van der Waals surface area contributed by atoms with Crippen LogP contribution in [0.1, 0.15) is 18.1 Å². The molecule has 0 aliphatic rings. The molecule has 2 aromatic rings. The Labute approximate surface area is 159 Å². The van der Waals surface area contributed by atoms with Crippen molar-refractivity contribution in [2.75, 3.05) is 34.5 Å². The fraction of sp³-hybridized carbons (Fsp3) is 0.333. The molecular formula is C21H26O6. The normalized spacial score (nSPS) is 10.7. The smallest absolute Gasteiger partial charge is 0.207 e. The van der Waals surface area contributed by atoms with Gasteiger partial charge in [0.15, 0.2) is 11.5 Å². The third-order valence-corrected chi connectivity index (χ3v) is 3.83. The summed E-state index contributed by atoms with van der Waals surface area (Å²) in [5.74, 6) is 2.71. The topological polar surface area (TPSA) is 66.4 Å². The van der Waals surface area contributed by atoms with Crippen LogP contribution in [-0.2, 0) is 6.61 Å². The number of aliphatic hydroxyl groups excluding tert-OH is 1. The maximum Gasteiger partial charge on any atom is 0.207 e. The second kappa shape index (κ2) is 10.3. The molecule has 0 atom stereocenters. The van der Waals surface area contributed by atoms with Crippen LogP contribution in [0.2, 0.25) is 0 Å². The summed E-state index contributed by atoms with van der Waals surface area (Å²) in [6, 6.07) is 9.47. The molecule has 0 fully saturated rings. The van der Waals surface area contributed by atoms with Crippen LogP contribution >= 0.6 is 0 Å². The van der Waals surface area contributed by atoms with Crippen molar-refractivity contribution >= 4 is 6.08 Å². The first-order valence-electron chi connectivity index (χ1n) is 8.63. The Morgan fingerprint density at radius 2 is 1.59 bits per heavy atom. The highest BCUT2D eigenvalue weighted by Gasteiger charge is 2.21. The maximum atomic E-state index is 9.04. The SMILES string of the molecule is CCOc1ccc(COc2c(OC)cc(C=CCO)c(OC)c2OC)cc1. The van der Waals surface area contributed by atoms with Crippen molar-refractivity contribution in [1.82, 2.24) is 0 Å². The summed E-state index contributed by atoms with van der Waals surface area (Å²) in [5.41, 5.74) is 1.69. The van der Waals surface area contributed by atoms with E-state index in [1.807, 2.05) is 31.2 Å². The van der Waals surface area contributed by atoms with E-state index >= 15 is 0 Å². The molecule has 2 rings (SSSR count). The zero-order valence-electron chi connectivity index (χ0n) is 16.2. The van der Waals surface area contributed by atoms with E-state index in [1.54, 1.807) is 39.5 Å². The second-order valence-electron chi connectivity index (χ2n) is 5.51. The fourth-order valence-electron chi connectivity index (χ4n) is 2.61. The van der Waals surface area contributed by atoms with E-state index in [0.717, 1.165) is 11.3 Å². The summed E-state index contributed by atoms with van der Waals surface area (Å²) in [5, 5.41) is 9.04. The highest BCUT2D eigenvalue weighted by atomic mass is 16.5. The highest BCUT2D eigenvalue weighted by Crippen LogP contribution is 2.47. The lowest BCUT2D eigenvalue weighted by Gasteiger charge is -2.19. The number of hydrogen-bond acceptors (Lipinski definition) is 6. The van der Waals surface area contributed by atoms with E-state index in [2.05, 4.69) is 0 Å². The lowest BCUT2D eigenvalue weighted by molar-refractivity contribution is 0.258. The Morgan fingerprint density at radius 1 is 0.889 bits per heavy atom. The van der Waals surface area contributed by atoms with Gasteiger partial charge in [-0.25, -0.2) is 0 Å². The molecule has 0 spiro atoms. The molecule has 0 aliphatic carbocycles. The van der Waals surface area contributed by atoms with Crippen LogP contribution in [0.5, 0.6) is 28.7 Å². The van der Waals surface area contributed by atoms with Gasteiger partial charge in [0.2, 0.25) is 11.5 Å². The standard InChI is InChI=1S/C21H26O6/c1-5-26-17-10-8-15(9-11-17)14-27-20-18(23-2)13-16(7-6-12-22)19(24-3)21(20)25-4/h6-11,13,22H,5,12,14H2,1-4H3. The van der Waals surface area contributed by atoms with Crippen LogP contribution in [0.15, 0.2) is 36.4 Å². The number of aliphatic hydroxyl groups is 1. The summed E-state index contributed by atoms with van der Waals surface area (Å²) in [6.07, 6.45) is 3.34. The van der Waals surface area contributed by atoms with Gasteiger partial charge in [0.05, 0.1) is 34.5 Å². The van der Waals surface area contributed by atoms with Crippen LogP contribution < -0.4 is 23.7 Å². The van der Waals surface area contributed by atoms with Crippen LogP contribution in [0.3, 0.4) is 0 Å². The number of methoxy groups -OCH3 is 3. The lowest BCUT2D eigenvalue weighted by atomic mass is 10.1. The van der Waals surface area contributed by atoms with Gasteiger partial charge >= 0.3 is 0 Å². The molecule has 6 heteroatoms. The number of benzene rings is 2. The number of ether oxygens (including phenoxy) is 5. The predicted octanol–water partition coefficient (Wildman–Crippen LogP) is 3.70. The Balaban J connectivity index is 2.32. The van der Waals surface area contributed by atoms with E-state index in [1.165, 1.54) is 0 Å². The van der Waals surface area contributed by atoms with Gasteiger partial charge in [0.25, 0.3) is 0 Å². The Bertz CT molecular complexity index is 752. The van der Waals surface area contributed by atoms with Gasteiger partial charge in [-0.3, -0.25) is 0 Å². The van der Waals surface area contributed by atoms with E-state index in [4.69, 9.17) is 28.8 Å². The summed E-state index contributed by atoms with van der Waals surface area (Å²) >= 11 is 0. The molecule has 0 aliphatic heterocycles. The number of hydrogen-bond donors (Lipinski definition) is 1. The predicted molar refractivity (Wildman–Crippen MR) is 104 cm³/mol. The first-order chi connectivity index (χ1) is 13.2. The number of rotatable bonds is 10. The monoisotopic (exact) mass is 374 g/mol. The minimum absolute atomic E-state index is 0.0796. The van der Waals surface area contributed by atoms with Gasteiger partial charge in [-0.15, -0.1) is 0 Å². The van der Waals surface area contributed by atoms with E-state index < -0.39 is 0 Å². The summed E-state index contributed by atoms with van der Waals surface area (Å²) < 4.78 is 27.9. The lowest BCUT2D eigenvalue weighted by Crippen LogP contribution is -2.03. The van der Waals surface area contributed by atoms with Gasteiger partial charge < -0.3 is 28.8 Å². The molecule has 0 aromatic heterocycles. The van der Waals surface area contributed by atoms with Crippen LogP contribution in [-0.4, -0.2) is 39.6 Å². The molecule has 27 heavy (non-hydrogen) atoms. The first kappa shape index (κ1) is 20.5. The van der Waals surface area contributed by atoms with Gasteiger partial charge in [0, 0.05) is 5.56 Å². The zero-order chi connectivity index (χ0) is 19.6. The minimum atomic E-state index is -0.0796. The van der Waals surface area contributed by atoms with Gasteiger partial charge in [0.1, 0.15) is 12.4 Å². The van der Waals surface area contributed by atoms with Gasteiger partial charge in [-0.1, -0.05) is 24.3 Å². The molecular weight excluding hydrogens is 348 g/mol. The molecule has 0 heterocycles. The molecule has 0 saturated heterocycles. The molecule has 0 unspecified atom stereocenters. The third-order valence-electron chi connectivity index (χ3n) is 3.83. The fourth-order valence-corrected chi connectivity index (χ4v) is 2.61. The van der Waals surface area contributed by atoms with Gasteiger partial charge in [-0.05, 0) is 30.7 Å². The third kappa shape index (κ3) is 5.08. The Morgan fingerprint density at radius 3 is 2.15 bits per heavy atom. The zero-order valence-corrected chi connectivity index (χ0v) is 16.2. The average Bonchev–Trinajstić information content (AvgIpc) is 2.71. The largest absolute Gasteiger partial charge is 0.494 e. The minimum Gasteiger partial charge on any atom is -0.494 e. The second-order valence-corrected chi connectivity index (χ2v) is 5.51. The molecule has 0 saturated carbocycles. The van der Waals surface area contributed by atoms with Crippen molar-refractivity contribution in [2.45, 2.75) is 13.5 Å². The van der Waals surface area contributed by atoms with Crippen LogP contribution in [0, 0.1) is 0 Å². The first-order valence-corrected chi connectivity index (χ1v) is 8.63. The molecule has 0 bridgehead atoms.